The lowest BCUT2D eigenvalue weighted by Gasteiger charge is -2.34. The molecule has 3 heteroatoms. The zero-order chi connectivity index (χ0) is 41.1. The lowest BCUT2D eigenvalue weighted by molar-refractivity contribution is 0.670. The van der Waals surface area contributed by atoms with Crippen LogP contribution in [0.15, 0.2) is 222 Å². The third-order valence-electron chi connectivity index (χ3n) is 12.8. The summed E-state index contributed by atoms with van der Waals surface area (Å²) in [6.45, 7) is 0. The molecule has 12 rings (SSSR count). The van der Waals surface area contributed by atoms with Crippen LogP contribution in [0.1, 0.15) is 11.6 Å². The van der Waals surface area contributed by atoms with Gasteiger partial charge in [-0.2, -0.15) is 0 Å². The number of hydrogen-bond donors (Lipinski definition) is 0. The van der Waals surface area contributed by atoms with E-state index in [0.717, 1.165) is 49.8 Å². The van der Waals surface area contributed by atoms with Crippen molar-refractivity contribution in [2.45, 2.75) is 6.04 Å². The SMILES string of the molecule is CN1c2c(c3cc(-c4ccccc4)ccc3c3ccc(-c4ccccc4)cc23)N=CC1c1ccc(-c2cccc(-c3ccc(-c4cccc5c4oc4ccccc45)cc3)c2)cc1. The average molecular weight is 793 g/mol. The van der Waals surface area contributed by atoms with E-state index in [1.165, 1.54) is 66.2 Å². The van der Waals surface area contributed by atoms with E-state index in [9.17, 15) is 0 Å². The van der Waals surface area contributed by atoms with Crippen molar-refractivity contribution in [2.75, 3.05) is 11.9 Å². The van der Waals surface area contributed by atoms with Gasteiger partial charge in [0.15, 0.2) is 0 Å². The van der Waals surface area contributed by atoms with Crippen molar-refractivity contribution < 1.29 is 4.42 Å². The smallest absolute Gasteiger partial charge is 0.143 e. The van der Waals surface area contributed by atoms with E-state index >= 15 is 0 Å². The number of anilines is 1. The van der Waals surface area contributed by atoms with E-state index in [1.807, 2.05) is 12.1 Å². The van der Waals surface area contributed by atoms with E-state index < -0.39 is 0 Å². The Morgan fingerprint density at radius 1 is 0.387 bits per heavy atom. The lowest BCUT2D eigenvalue weighted by atomic mass is 9.91. The molecule has 0 aliphatic carbocycles. The zero-order valence-electron chi connectivity index (χ0n) is 34.2. The van der Waals surface area contributed by atoms with Crippen molar-refractivity contribution in [1.82, 2.24) is 0 Å². The monoisotopic (exact) mass is 792 g/mol. The number of aliphatic imine (C=N–C) groups is 1. The molecule has 1 atom stereocenters. The number of para-hydroxylation sites is 2. The molecule has 2 heterocycles. The molecule has 0 saturated heterocycles. The minimum atomic E-state index is -0.0369. The second-order valence-electron chi connectivity index (χ2n) is 16.3. The number of rotatable bonds is 6. The predicted octanol–water partition coefficient (Wildman–Crippen LogP) is 16.1. The molecular weight excluding hydrogens is 753 g/mol. The zero-order valence-corrected chi connectivity index (χ0v) is 34.2. The van der Waals surface area contributed by atoms with E-state index in [2.05, 4.69) is 218 Å². The summed E-state index contributed by atoms with van der Waals surface area (Å²) in [6, 6.07) is 76.3. The number of hydrogen-bond acceptors (Lipinski definition) is 3. The Labute approximate surface area is 360 Å². The lowest BCUT2D eigenvalue weighted by Crippen LogP contribution is -2.27. The number of nitrogens with zero attached hydrogens (tertiary/aromatic N) is 2. The van der Waals surface area contributed by atoms with Crippen LogP contribution in [0.2, 0.25) is 0 Å². The predicted molar refractivity (Wildman–Crippen MR) is 262 cm³/mol. The molecular formula is C59H40N2O. The fourth-order valence-electron chi connectivity index (χ4n) is 9.57. The highest BCUT2D eigenvalue weighted by Crippen LogP contribution is 2.49. The Hall–Kier alpha value is -8.01. The average Bonchev–Trinajstić information content (AvgIpc) is 3.74. The van der Waals surface area contributed by atoms with Gasteiger partial charge in [-0.15, -0.1) is 0 Å². The Bertz CT molecular complexity index is 3510. The summed E-state index contributed by atoms with van der Waals surface area (Å²) in [4.78, 5) is 7.74. The van der Waals surface area contributed by atoms with Crippen LogP contribution in [0.4, 0.5) is 11.4 Å². The van der Waals surface area contributed by atoms with Crippen LogP contribution in [0.25, 0.3) is 99.1 Å². The second kappa shape index (κ2) is 14.6. The van der Waals surface area contributed by atoms with Crippen LogP contribution in [-0.4, -0.2) is 13.3 Å². The first-order chi connectivity index (χ1) is 30.6. The van der Waals surface area contributed by atoms with Gasteiger partial charge < -0.3 is 9.32 Å². The Morgan fingerprint density at radius 2 is 0.887 bits per heavy atom. The Kier molecular flexibility index (Phi) is 8.46. The highest BCUT2D eigenvalue weighted by molar-refractivity contribution is 6.22. The molecule has 1 aliphatic rings. The maximum atomic E-state index is 6.35. The van der Waals surface area contributed by atoms with Crippen LogP contribution in [0, 0.1) is 0 Å². The fraction of sp³-hybridized carbons (Fsp3) is 0.0339. The Morgan fingerprint density at radius 3 is 1.58 bits per heavy atom. The molecule has 0 fully saturated rings. The molecule has 0 bridgehead atoms. The van der Waals surface area contributed by atoms with Crippen molar-refractivity contribution in [3.8, 4) is 55.6 Å². The van der Waals surface area contributed by atoms with Gasteiger partial charge in [0.05, 0.1) is 17.4 Å². The molecule has 0 spiro atoms. The number of benzene rings is 10. The van der Waals surface area contributed by atoms with Crippen LogP contribution >= 0.6 is 0 Å². The summed E-state index contributed by atoms with van der Waals surface area (Å²) in [5, 5.41) is 7.10. The Balaban J connectivity index is 0.874. The topological polar surface area (TPSA) is 28.7 Å². The molecule has 3 nitrogen and oxygen atoms in total. The first-order valence-corrected chi connectivity index (χ1v) is 21.3. The van der Waals surface area contributed by atoms with Crippen LogP contribution in [-0.2, 0) is 0 Å². The molecule has 1 aliphatic heterocycles. The minimum Gasteiger partial charge on any atom is -0.455 e. The van der Waals surface area contributed by atoms with E-state index in [1.54, 1.807) is 0 Å². The molecule has 0 N–H and O–H groups in total. The number of fused-ring (bicyclic) bond motifs is 9. The normalized spacial score (nSPS) is 13.6. The van der Waals surface area contributed by atoms with Crippen molar-refractivity contribution in [3.05, 3.63) is 218 Å². The summed E-state index contributed by atoms with van der Waals surface area (Å²) in [6.07, 6.45) is 2.12. The highest BCUT2D eigenvalue weighted by atomic mass is 16.3. The van der Waals surface area contributed by atoms with Gasteiger partial charge >= 0.3 is 0 Å². The maximum Gasteiger partial charge on any atom is 0.143 e. The minimum absolute atomic E-state index is 0.0369. The molecule has 62 heavy (non-hydrogen) atoms. The second-order valence-corrected chi connectivity index (χ2v) is 16.3. The fourth-order valence-corrected chi connectivity index (χ4v) is 9.57. The first-order valence-electron chi connectivity index (χ1n) is 21.3. The summed E-state index contributed by atoms with van der Waals surface area (Å²) >= 11 is 0. The quantitative estimate of drug-likeness (QED) is 0.157. The van der Waals surface area contributed by atoms with Crippen molar-refractivity contribution in [3.63, 3.8) is 0 Å². The molecule has 0 radical (unpaired) electrons. The van der Waals surface area contributed by atoms with Gasteiger partial charge in [-0.1, -0.05) is 188 Å². The summed E-state index contributed by atoms with van der Waals surface area (Å²) in [5.41, 5.74) is 17.0. The van der Waals surface area contributed by atoms with E-state index in [-0.39, 0.29) is 6.04 Å². The molecule has 10 aromatic carbocycles. The van der Waals surface area contributed by atoms with Gasteiger partial charge in [-0.25, -0.2) is 0 Å². The molecule has 0 saturated carbocycles. The summed E-state index contributed by atoms with van der Waals surface area (Å²) in [5.74, 6) is 0. The molecule has 1 unspecified atom stereocenters. The van der Waals surface area contributed by atoms with Gasteiger partial charge in [-0.3, -0.25) is 4.99 Å². The summed E-state index contributed by atoms with van der Waals surface area (Å²) in [7, 11) is 2.22. The maximum absolute atomic E-state index is 6.35. The van der Waals surface area contributed by atoms with Gasteiger partial charge in [0.2, 0.25) is 0 Å². The van der Waals surface area contributed by atoms with E-state index in [0.29, 0.717) is 0 Å². The summed E-state index contributed by atoms with van der Waals surface area (Å²) < 4.78 is 6.35. The van der Waals surface area contributed by atoms with Crippen molar-refractivity contribution in [2.24, 2.45) is 4.99 Å². The highest BCUT2D eigenvalue weighted by Gasteiger charge is 2.27. The molecule has 0 amide bonds. The van der Waals surface area contributed by atoms with E-state index in [4.69, 9.17) is 9.41 Å². The first kappa shape index (κ1) is 35.9. The van der Waals surface area contributed by atoms with Crippen LogP contribution in [0.5, 0.6) is 0 Å². The van der Waals surface area contributed by atoms with Gasteiger partial charge in [0.1, 0.15) is 11.2 Å². The molecule has 292 valence electrons. The van der Waals surface area contributed by atoms with Gasteiger partial charge in [0, 0.05) is 40.4 Å². The van der Waals surface area contributed by atoms with Crippen molar-refractivity contribution in [1.29, 1.82) is 0 Å². The van der Waals surface area contributed by atoms with Crippen LogP contribution < -0.4 is 4.90 Å². The third kappa shape index (κ3) is 6.01. The molecule has 1 aromatic heterocycles. The van der Waals surface area contributed by atoms with Gasteiger partial charge in [0.25, 0.3) is 0 Å². The third-order valence-corrected chi connectivity index (χ3v) is 12.8. The van der Waals surface area contributed by atoms with Crippen molar-refractivity contribution >= 4 is 61.1 Å². The standard InChI is InChI=1S/C59H40N2O/c1-61-55(37-60-57-53-35-46(38-12-4-2-5-13-38)30-32-49(53)50-33-31-47(36-54(50)58(57)61)39-14-6-3-7-15-39)43-28-24-41(25-29-43)45-17-10-16-44(34-45)40-22-26-42(27-23-40)48-19-11-20-52-51-18-8-9-21-56(51)62-59(48)52/h2-37,55H,1H3. The van der Waals surface area contributed by atoms with Gasteiger partial charge in [-0.05, 0) is 90.7 Å². The molecule has 11 aromatic rings. The largest absolute Gasteiger partial charge is 0.455 e. The number of furan rings is 1. The van der Waals surface area contributed by atoms with Crippen LogP contribution in [0.3, 0.4) is 0 Å².